The summed E-state index contributed by atoms with van der Waals surface area (Å²) in [5, 5.41) is 21.5. The molecule has 0 spiro atoms. The van der Waals surface area contributed by atoms with Crippen molar-refractivity contribution in [3.63, 3.8) is 0 Å². The van der Waals surface area contributed by atoms with Crippen LogP contribution in [0.15, 0.2) is 54.1 Å². The lowest BCUT2D eigenvalue weighted by molar-refractivity contribution is -0.132. The maximum Gasteiger partial charge on any atom is 0.301 e. The highest BCUT2D eigenvalue weighted by Crippen LogP contribution is 2.44. The van der Waals surface area contributed by atoms with Gasteiger partial charge in [0.05, 0.1) is 23.9 Å². The van der Waals surface area contributed by atoms with Crippen molar-refractivity contribution in [2.75, 3.05) is 11.5 Å². The monoisotopic (exact) mass is 450 g/mol. The van der Waals surface area contributed by atoms with Crippen LogP contribution in [0.25, 0.3) is 5.76 Å². The van der Waals surface area contributed by atoms with Gasteiger partial charge in [0.15, 0.2) is 5.13 Å². The van der Waals surface area contributed by atoms with Crippen molar-refractivity contribution in [3.05, 3.63) is 75.8 Å². The number of aryl methyl sites for hydroxylation is 2. The number of hydrogen-bond donors (Lipinski definition) is 2. The molecule has 0 radical (unpaired) electrons. The van der Waals surface area contributed by atoms with E-state index in [0.29, 0.717) is 28.6 Å². The summed E-state index contributed by atoms with van der Waals surface area (Å²) in [5.41, 5.74) is 1.56. The number of hydrogen-bond acceptors (Lipinski definition) is 7. The molecule has 1 saturated heterocycles. The van der Waals surface area contributed by atoms with Gasteiger partial charge in [-0.1, -0.05) is 12.1 Å². The Kier molecular flexibility index (Phi) is 5.71. The molecule has 0 unspecified atom stereocenters. The average molecular weight is 451 g/mol. The minimum absolute atomic E-state index is 0.0133. The fourth-order valence-electron chi connectivity index (χ4n) is 3.63. The molecule has 1 atom stereocenters. The fraction of sp³-hybridized carbons (Fsp3) is 0.208. The second-order valence-corrected chi connectivity index (χ2v) is 8.54. The van der Waals surface area contributed by atoms with Crippen molar-refractivity contribution >= 4 is 33.9 Å². The summed E-state index contributed by atoms with van der Waals surface area (Å²) in [6.45, 7) is 6.08. The number of benzene rings is 2. The van der Waals surface area contributed by atoms with Crippen molar-refractivity contribution < 1.29 is 24.5 Å². The number of rotatable bonds is 5. The van der Waals surface area contributed by atoms with Crippen LogP contribution < -0.4 is 9.64 Å². The van der Waals surface area contributed by atoms with Gasteiger partial charge in [0, 0.05) is 10.4 Å². The first-order valence-corrected chi connectivity index (χ1v) is 10.9. The van der Waals surface area contributed by atoms with E-state index in [1.165, 1.54) is 28.4 Å². The number of aromatic nitrogens is 1. The Morgan fingerprint density at radius 3 is 2.47 bits per heavy atom. The van der Waals surface area contributed by atoms with E-state index in [4.69, 9.17) is 4.74 Å². The first-order valence-electron chi connectivity index (χ1n) is 10.1. The van der Waals surface area contributed by atoms with Gasteiger partial charge in [-0.15, -0.1) is 11.3 Å². The van der Waals surface area contributed by atoms with E-state index in [1.807, 2.05) is 20.8 Å². The van der Waals surface area contributed by atoms with E-state index < -0.39 is 17.7 Å². The number of ketones is 1. The zero-order chi connectivity index (χ0) is 23.0. The average Bonchev–Trinajstić information content (AvgIpc) is 3.24. The smallest absolute Gasteiger partial charge is 0.301 e. The molecule has 0 bridgehead atoms. The Bertz CT molecular complexity index is 1210. The molecule has 0 saturated carbocycles. The highest BCUT2D eigenvalue weighted by atomic mass is 32.1. The summed E-state index contributed by atoms with van der Waals surface area (Å²) < 4.78 is 5.43. The third kappa shape index (κ3) is 3.73. The summed E-state index contributed by atoms with van der Waals surface area (Å²) in [6.07, 6.45) is 0. The Morgan fingerprint density at radius 2 is 1.88 bits per heavy atom. The van der Waals surface area contributed by atoms with E-state index in [9.17, 15) is 19.8 Å². The second-order valence-electron chi connectivity index (χ2n) is 7.36. The van der Waals surface area contributed by atoms with E-state index in [0.717, 1.165) is 10.6 Å². The van der Waals surface area contributed by atoms with E-state index in [1.54, 1.807) is 36.4 Å². The lowest BCUT2D eigenvalue weighted by Gasteiger charge is -2.23. The molecule has 32 heavy (non-hydrogen) atoms. The molecule has 0 aliphatic carbocycles. The normalized spacial score (nSPS) is 17.7. The summed E-state index contributed by atoms with van der Waals surface area (Å²) in [7, 11) is 0. The highest BCUT2D eigenvalue weighted by Gasteiger charge is 2.48. The van der Waals surface area contributed by atoms with Crippen LogP contribution >= 0.6 is 11.3 Å². The molecule has 8 heteroatoms. The van der Waals surface area contributed by atoms with Gasteiger partial charge < -0.3 is 14.9 Å². The number of phenolic OH excluding ortho intramolecular Hbond substituents is 1. The van der Waals surface area contributed by atoms with Crippen LogP contribution in [-0.2, 0) is 9.59 Å². The first-order chi connectivity index (χ1) is 15.3. The number of carbonyl (C=O) groups is 2. The second kappa shape index (κ2) is 8.47. The summed E-state index contributed by atoms with van der Waals surface area (Å²) in [6, 6.07) is 12.0. The van der Waals surface area contributed by atoms with Crippen molar-refractivity contribution in [2.45, 2.75) is 26.8 Å². The molecule has 1 aliphatic heterocycles. The SMILES string of the molecule is CCOc1ccc(C(O)=C2C(=O)C(=O)N(c3nc(C)c(C)s3)[C@H]2c2cccc(O)c2)cc1. The minimum atomic E-state index is -0.932. The molecule has 2 aromatic carbocycles. The predicted octanol–water partition coefficient (Wildman–Crippen LogP) is 4.49. The molecule has 3 aromatic rings. The van der Waals surface area contributed by atoms with Gasteiger partial charge in [-0.25, -0.2) is 4.98 Å². The quantitative estimate of drug-likeness (QED) is 0.338. The molecule has 7 nitrogen and oxygen atoms in total. The van der Waals surface area contributed by atoms with Crippen LogP contribution in [0.3, 0.4) is 0 Å². The number of aliphatic hydroxyl groups excluding tert-OH is 1. The van der Waals surface area contributed by atoms with Crippen LogP contribution in [-0.4, -0.2) is 33.5 Å². The van der Waals surface area contributed by atoms with Crippen molar-refractivity contribution in [2.24, 2.45) is 0 Å². The van der Waals surface area contributed by atoms with Crippen LogP contribution in [0.5, 0.6) is 11.5 Å². The zero-order valence-corrected chi connectivity index (χ0v) is 18.6. The van der Waals surface area contributed by atoms with Crippen LogP contribution in [0.2, 0.25) is 0 Å². The van der Waals surface area contributed by atoms with E-state index in [2.05, 4.69) is 4.98 Å². The molecule has 164 valence electrons. The fourth-order valence-corrected chi connectivity index (χ4v) is 4.57. The van der Waals surface area contributed by atoms with Crippen LogP contribution in [0.4, 0.5) is 5.13 Å². The van der Waals surface area contributed by atoms with Gasteiger partial charge in [-0.2, -0.15) is 0 Å². The Labute approximate surface area is 189 Å². The molecule has 1 fully saturated rings. The molecule has 1 amide bonds. The van der Waals surface area contributed by atoms with Gasteiger partial charge >= 0.3 is 5.91 Å². The lowest BCUT2D eigenvalue weighted by atomic mass is 9.95. The zero-order valence-electron chi connectivity index (χ0n) is 17.8. The number of Topliss-reactive ketones (excluding diaryl/α,β-unsaturated/α-hetero) is 1. The number of phenols is 1. The number of amides is 1. The van der Waals surface area contributed by atoms with Crippen molar-refractivity contribution in [1.82, 2.24) is 4.98 Å². The Morgan fingerprint density at radius 1 is 1.16 bits per heavy atom. The van der Waals surface area contributed by atoms with E-state index >= 15 is 0 Å². The van der Waals surface area contributed by atoms with E-state index in [-0.39, 0.29) is 17.1 Å². The minimum Gasteiger partial charge on any atom is -0.508 e. The standard InChI is InChI=1S/C24H22N2O5S/c1-4-31-18-10-8-15(9-11-18)21(28)19-20(16-6-5-7-17(27)12-16)26(23(30)22(19)29)24-25-13(2)14(3)32-24/h5-12,20,27-28H,4H2,1-3H3/t20-/m0/s1. The molecule has 1 aromatic heterocycles. The highest BCUT2D eigenvalue weighted by molar-refractivity contribution is 7.16. The molecule has 4 rings (SSSR count). The maximum atomic E-state index is 13.1. The topological polar surface area (TPSA) is 100.0 Å². The summed E-state index contributed by atoms with van der Waals surface area (Å²) in [5.74, 6) is -1.27. The van der Waals surface area contributed by atoms with Gasteiger partial charge in [-0.05, 0) is 62.7 Å². The molecular weight excluding hydrogens is 428 g/mol. The van der Waals surface area contributed by atoms with Crippen molar-refractivity contribution in [1.29, 1.82) is 0 Å². The molecule has 2 heterocycles. The largest absolute Gasteiger partial charge is 0.508 e. The third-order valence-electron chi connectivity index (χ3n) is 5.29. The summed E-state index contributed by atoms with van der Waals surface area (Å²) >= 11 is 1.30. The third-order valence-corrected chi connectivity index (χ3v) is 6.36. The molecule has 1 aliphatic rings. The van der Waals surface area contributed by atoms with Gasteiger partial charge in [0.2, 0.25) is 0 Å². The van der Waals surface area contributed by atoms with Crippen LogP contribution in [0.1, 0.15) is 34.7 Å². The number of aromatic hydroxyl groups is 1. The number of ether oxygens (including phenoxy) is 1. The molecule has 2 N–H and O–H groups in total. The van der Waals surface area contributed by atoms with Gasteiger partial charge in [-0.3, -0.25) is 14.5 Å². The predicted molar refractivity (Wildman–Crippen MR) is 122 cm³/mol. The number of aliphatic hydroxyl groups is 1. The summed E-state index contributed by atoms with van der Waals surface area (Å²) in [4.78, 5) is 32.9. The van der Waals surface area contributed by atoms with Crippen molar-refractivity contribution in [3.8, 4) is 11.5 Å². The van der Waals surface area contributed by atoms with Gasteiger partial charge in [0.25, 0.3) is 5.78 Å². The maximum absolute atomic E-state index is 13.1. The number of anilines is 1. The van der Waals surface area contributed by atoms with Crippen LogP contribution in [0, 0.1) is 13.8 Å². The molecular formula is C24H22N2O5S. The number of thiazole rings is 1. The first kappa shape index (κ1) is 21.6. The lowest BCUT2D eigenvalue weighted by Crippen LogP contribution is -2.29. The number of nitrogens with zero attached hydrogens (tertiary/aromatic N) is 2. The Hall–Kier alpha value is -3.65. The van der Waals surface area contributed by atoms with Gasteiger partial charge in [0.1, 0.15) is 17.3 Å². The Balaban J connectivity index is 1.90. The number of carbonyl (C=O) groups excluding carboxylic acids is 2.